The molecule has 35 heavy (non-hydrogen) atoms. The van der Waals surface area contributed by atoms with Gasteiger partial charge in [-0.25, -0.2) is 8.78 Å². The number of halogens is 3. The molecule has 1 aliphatic rings. The van der Waals surface area contributed by atoms with Crippen LogP contribution in [0.3, 0.4) is 0 Å². The second-order valence-electron chi connectivity index (χ2n) is 8.52. The zero-order chi connectivity index (χ0) is 24.8. The quantitative estimate of drug-likeness (QED) is 0.244. The second-order valence-corrected chi connectivity index (χ2v) is 8.52. The van der Waals surface area contributed by atoms with E-state index in [2.05, 4.69) is 0 Å². The summed E-state index contributed by atoms with van der Waals surface area (Å²) in [6.45, 7) is 5.13. The van der Waals surface area contributed by atoms with E-state index in [1.165, 1.54) is 18.2 Å². The first-order valence-corrected chi connectivity index (χ1v) is 11.9. The predicted octanol–water partition coefficient (Wildman–Crippen LogP) is 7.65. The molecule has 3 aromatic rings. The largest absolute Gasteiger partial charge is 0.490 e. The fourth-order valence-electron chi connectivity index (χ4n) is 4.02. The van der Waals surface area contributed by atoms with E-state index in [1.54, 1.807) is 30.3 Å². The zero-order valence-electron chi connectivity index (χ0n) is 19.9. The van der Waals surface area contributed by atoms with Crippen LogP contribution in [-0.4, -0.2) is 26.1 Å². The zero-order valence-corrected chi connectivity index (χ0v) is 19.9. The molecule has 1 heterocycles. The van der Waals surface area contributed by atoms with E-state index in [9.17, 15) is 13.2 Å². The van der Waals surface area contributed by atoms with Crippen LogP contribution in [0.4, 0.5) is 13.2 Å². The lowest BCUT2D eigenvalue weighted by atomic mass is 9.95. The van der Waals surface area contributed by atoms with E-state index in [0.717, 1.165) is 18.4 Å². The number of ether oxygens (including phenoxy) is 3. The highest BCUT2D eigenvalue weighted by atomic mass is 19.2. The first kappa shape index (κ1) is 25.0. The summed E-state index contributed by atoms with van der Waals surface area (Å²) in [5.74, 6) is -2.47. The van der Waals surface area contributed by atoms with Crippen molar-refractivity contribution in [2.75, 3.05) is 19.8 Å². The van der Waals surface area contributed by atoms with Gasteiger partial charge >= 0.3 is 0 Å². The minimum absolute atomic E-state index is 0.0470. The van der Waals surface area contributed by atoms with Crippen molar-refractivity contribution in [3.05, 3.63) is 89.8 Å². The molecule has 0 radical (unpaired) electrons. The molecule has 3 nitrogen and oxygen atoms in total. The molecule has 0 aliphatic carbocycles. The highest BCUT2D eigenvalue weighted by Crippen LogP contribution is 2.33. The Morgan fingerprint density at radius 3 is 2.17 bits per heavy atom. The van der Waals surface area contributed by atoms with Crippen molar-refractivity contribution in [3.63, 3.8) is 0 Å². The Morgan fingerprint density at radius 1 is 0.886 bits per heavy atom. The Bertz CT molecular complexity index is 1170. The summed E-state index contributed by atoms with van der Waals surface area (Å²) in [4.78, 5) is 0. The molecule has 0 spiro atoms. The van der Waals surface area contributed by atoms with Crippen molar-refractivity contribution < 1.29 is 27.4 Å². The van der Waals surface area contributed by atoms with Gasteiger partial charge in [0.1, 0.15) is 5.82 Å². The molecule has 0 aromatic heterocycles. The van der Waals surface area contributed by atoms with Crippen LogP contribution in [0.5, 0.6) is 5.75 Å². The number of unbranched alkanes of at least 4 members (excludes halogenated alkanes) is 1. The van der Waals surface area contributed by atoms with Gasteiger partial charge in [-0.05, 0) is 54.3 Å². The monoisotopic (exact) mass is 482 g/mol. The summed E-state index contributed by atoms with van der Waals surface area (Å²) in [7, 11) is 0. The third-order valence-electron chi connectivity index (χ3n) is 6.05. The van der Waals surface area contributed by atoms with Crippen LogP contribution >= 0.6 is 0 Å². The molecular formula is C29H29F3O3. The summed E-state index contributed by atoms with van der Waals surface area (Å²) in [5.41, 5.74) is 2.50. The van der Waals surface area contributed by atoms with Gasteiger partial charge in [0, 0.05) is 17.0 Å². The molecular weight excluding hydrogens is 453 g/mol. The van der Waals surface area contributed by atoms with E-state index < -0.39 is 11.6 Å². The molecule has 0 atom stereocenters. The van der Waals surface area contributed by atoms with E-state index in [1.807, 2.05) is 32.1 Å². The van der Waals surface area contributed by atoms with Gasteiger partial charge in [-0.3, -0.25) is 0 Å². The lowest BCUT2D eigenvalue weighted by molar-refractivity contribution is -0.159. The molecule has 0 saturated carbocycles. The number of hydrogen-bond acceptors (Lipinski definition) is 3. The van der Waals surface area contributed by atoms with Gasteiger partial charge in [0.05, 0.1) is 19.8 Å². The highest BCUT2D eigenvalue weighted by Gasteiger charge is 2.23. The van der Waals surface area contributed by atoms with Crippen LogP contribution in [-0.2, 0) is 9.47 Å². The van der Waals surface area contributed by atoms with Crippen molar-refractivity contribution in [2.24, 2.45) is 0 Å². The highest BCUT2D eigenvalue weighted by molar-refractivity contribution is 5.71. The lowest BCUT2D eigenvalue weighted by Crippen LogP contribution is -2.29. The van der Waals surface area contributed by atoms with Gasteiger partial charge in [-0.2, -0.15) is 4.39 Å². The average molecular weight is 483 g/mol. The van der Waals surface area contributed by atoms with Crippen molar-refractivity contribution >= 4 is 0 Å². The van der Waals surface area contributed by atoms with Crippen LogP contribution < -0.4 is 4.74 Å². The first-order chi connectivity index (χ1) is 17.0. The van der Waals surface area contributed by atoms with E-state index in [0.29, 0.717) is 36.5 Å². The average Bonchev–Trinajstić information content (AvgIpc) is 2.88. The van der Waals surface area contributed by atoms with Gasteiger partial charge in [-0.1, -0.05) is 55.8 Å². The molecule has 3 aromatic carbocycles. The smallest absolute Gasteiger partial charge is 0.201 e. The maximum atomic E-state index is 15.0. The standard InChI is InChI=1S/C29H29F3O3/c1-3-5-15-33-26-14-13-24(28(31)29(26)32)20-9-7-19(8-10-20)23-12-11-21(16-25(23)30)22-17-34-27(6-4-2)35-18-22/h4,6-14,16,22,27H,3,5,15,17-18H2,1-2H3. The molecule has 1 aliphatic heterocycles. The number of allylic oxidation sites excluding steroid dienone is 1. The molecule has 1 fully saturated rings. The second kappa shape index (κ2) is 11.6. The molecule has 1 saturated heterocycles. The molecule has 0 bridgehead atoms. The molecule has 4 rings (SSSR count). The van der Waals surface area contributed by atoms with Crippen molar-refractivity contribution in [1.29, 1.82) is 0 Å². The number of hydrogen-bond donors (Lipinski definition) is 0. The number of benzene rings is 3. The third-order valence-corrected chi connectivity index (χ3v) is 6.05. The van der Waals surface area contributed by atoms with E-state index in [4.69, 9.17) is 14.2 Å². The summed E-state index contributed by atoms with van der Waals surface area (Å²) in [6, 6.07) is 14.7. The fraction of sp³-hybridized carbons (Fsp3) is 0.310. The summed E-state index contributed by atoms with van der Waals surface area (Å²) < 4.78 is 60.8. The summed E-state index contributed by atoms with van der Waals surface area (Å²) in [6.07, 6.45) is 5.01. The van der Waals surface area contributed by atoms with Crippen molar-refractivity contribution in [2.45, 2.75) is 38.9 Å². The van der Waals surface area contributed by atoms with Crippen LogP contribution in [0.1, 0.15) is 38.2 Å². The van der Waals surface area contributed by atoms with Crippen LogP contribution in [0.25, 0.3) is 22.3 Å². The van der Waals surface area contributed by atoms with Gasteiger partial charge in [0.25, 0.3) is 0 Å². The van der Waals surface area contributed by atoms with Crippen LogP contribution in [0.15, 0.2) is 66.7 Å². The number of rotatable bonds is 8. The maximum Gasteiger partial charge on any atom is 0.201 e. The topological polar surface area (TPSA) is 27.7 Å². The van der Waals surface area contributed by atoms with Crippen LogP contribution in [0.2, 0.25) is 0 Å². The Balaban J connectivity index is 1.49. The molecule has 6 heteroatoms. The van der Waals surface area contributed by atoms with E-state index in [-0.39, 0.29) is 29.3 Å². The lowest BCUT2D eigenvalue weighted by Gasteiger charge is -2.28. The van der Waals surface area contributed by atoms with Crippen molar-refractivity contribution in [3.8, 4) is 28.0 Å². The predicted molar refractivity (Wildman–Crippen MR) is 131 cm³/mol. The molecule has 0 N–H and O–H groups in total. The molecule has 0 amide bonds. The normalized spacial score (nSPS) is 18.2. The summed E-state index contributed by atoms with van der Waals surface area (Å²) >= 11 is 0. The molecule has 0 unspecified atom stereocenters. The first-order valence-electron chi connectivity index (χ1n) is 11.9. The van der Waals surface area contributed by atoms with Gasteiger partial charge in [0.2, 0.25) is 5.82 Å². The minimum Gasteiger partial charge on any atom is -0.490 e. The Kier molecular flexibility index (Phi) is 8.26. The maximum absolute atomic E-state index is 15.0. The summed E-state index contributed by atoms with van der Waals surface area (Å²) in [5, 5.41) is 0. The van der Waals surface area contributed by atoms with Crippen LogP contribution in [0, 0.1) is 17.5 Å². The van der Waals surface area contributed by atoms with Gasteiger partial charge in [-0.15, -0.1) is 0 Å². The van der Waals surface area contributed by atoms with Gasteiger partial charge in [0.15, 0.2) is 17.9 Å². The van der Waals surface area contributed by atoms with Crippen molar-refractivity contribution in [1.82, 2.24) is 0 Å². The fourth-order valence-corrected chi connectivity index (χ4v) is 4.02. The Labute approximate surface area is 204 Å². The Hall–Kier alpha value is -3.09. The SMILES string of the molecule is CC=CC1OCC(c2ccc(-c3ccc(-c4ccc(OCCCC)c(F)c4F)cc3)c(F)c2)CO1. The third kappa shape index (κ3) is 5.77. The Morgan fingerprint density at radius 2 is 1.54 bits per heavy atom. The van der Waals surface area contributed by atoms with E-state index >= 15 is 0 Å². The van der Waals surface area contributed by atoms with Gasteiger partial charge < -0.3 is 14.2 Å². The molecule has 184 valence electrons. The minimum atomic E-state index is -1.00.